The molecule has 0 saturated carbocycles. The van der Waals surface area contributed by atoms with Crippen LogP contribution in [0.5, 0.6) is 0 Å². The Morgan fingerprint density at radius 2 is 1.28 bits per heavy atom. The molecule has 2 saturated heterocycles. The number of halogens is 1. The molecule has 2 aliphatic rings. The fraction of sp³-hybridized carbons (Fsp3) is 0.320. The third kappa shape index (κ3) is 4.50. The molecule has 2 aromatic carbocycles. The van der Waals surface area contributed by atoms with Crippen molar-refractivity contribution in [2.45, 2.75) is 43.4 Å². The summed E-state index contributed by atoms with van der Waals surface area (Å²) in [5, 5.41) is 10.2. The number of rotatable bonds is 5. The van der Waals surface area contributed by atoms with Crippen LogP contribution in [0, 0.1) is 0 Å². The molecule has 0 bridgehead atoms. The number of benzene rings is 2. The Balaban J connectivity index is 1.48. The normalized spacial score (nSPS) is 29.9. The highest BCUT2D eigenvalue weighted by molar-refractivity contribution is 9.10. The molecule has 3 heterocycles. The molecule has 5 rings (SSSR count). The van der Waals surface area contributed by atoms with E-state index in [-0.39, 0.29) is 12.7 Å². The molecule has 2 fully saturated rings. The Morgan fingerprint density at radius 1 is 0.719 bits per heavy atom. The van der Waals surface area contributed by atoms with Crippen molar-refractivity contribution in [2.75, 3.05) is 6.61 Å². The van der Waals surface area contributed by atoms with E-state index < -0.39 is 30.9 Å². The summed E-state index contributed by atoms with van der Waals surface area (Å²) < 4.78 is 26.2. The molecular formula is C25H24BrNO5. The van der Waals surface area contributed by atoms with Gasteiger partial charge in [-0.2, -0.15) is 0 Å². The zero-order chi connectivity index (χ0) is 21.9. The molecule has 0 spiro atoms. The second kappa shape index (κ2) is 9.79. The van der Waals surface area contributed by atoms with Crippen molar-refractivity contribution in [2.24, 2.45) is 0 Å². The van der Waals surface area contributed by atoms with E-state index in [2.05, 4.69) is 20.9 Å². The predicted octanol–water partition coefficient (Wildman–Crippen LogP) is 4.34. The van der Waals surface area contributed by atoms with Gasteiger partial charge in [0.1, 0.15) is 18.3 Å². The molecule has 0 aliphatic carbocycles. The quantitative estimate of drug-likeness (QED) is 0.565. The van der Waals surface area contributed by atoms with Gasteiger partial charge in [-0.15, -0.1) is 0 Å². The van der Waals surface area contributed by atoms with Crippen molar-refractivity contribution >= 4 is 15.9 Å². The summed E-state index contributed by atoms with van der Waals surface area (Å²) >= 11 is 3.59. The van der Waals surface area contributed by atoms with Crippen LogP contribution in [-0.2, 0) is 25.4 Å². The van der Waals surface area contributed by atoms with E-state index in [0.717, 1.165) is 21.3 Å². The first-order valence-electron chi connectivity index (χ1n) is 10.6. The molecule has 0 amide bonds. The topological polar surface area (TPSA) is 70.0 Å². The first-order valence-corrected chi connectivity index (χ1v) is 11.4. The van der Waals surface area contributed by atoms with Gasteiger partial charge >= 0.3 is 0 Å². The molecule has 3 aromatic rings. The second-order valence-electron chi connectivity index (χ2n) is 7.85. The summed E-state index contributed by atoms with van der Waals surface area (Å²) in [4.78, 5) is 4.52. The zero-order valence-electron chi connectivity index (χ0n) is 17.3. The van der Waals surface area contributed by atoms with Crippen LogP contribution >= 0.6 is 15.9 Å². The van der Waals surface area contributed by atoms with Gasteiger partial charge in [0, 0.05) is 28.2 Å². The van der Waals surface area contributed by atoms with Crippen LogP contribution < -0.4 is 0 Å². The molecule has 0 radical (unpaired) electrons. The number of hydrogen-bond donors (Lipinski definition) is 1. The number of fused-ring (bicyclic) bond motifs is 1. The number of pyridine rings is 1. The van der Waals surface area contributed by atoms with Crippen LogP contribution in [0.3, 0.4) is 0 Å². The number of nitrogens with zero attached hydrogens (tertiary/aromatic N) is 1. The Labute approximate surface area is 195 Å². The van der Waals surface area contributed by atoms with E-state index >= 15 is 0 Å². The standard InChI is InChI=1S/C25H24BrNO5/c26-18-12-7-13-27-19(18)14-20-22-23(32-24(29-20)16-8-3-1-4-9-16)21(15-28)30-25(31-22)17-10-5-2-6-11-17/h1-13,20-25,28H,14-15H2. The Hall–Kier alpha value is -2.13. The molecule has 7 heteroatoms. The predicted molar refractivity (Wildman–Crippen MR) is 121 cm³/mol. The van der Waals surface area contributed by atoms with E-state index in [1.807, 2.05) is 72.8 Å². The van der Waals surface area contributed by atoms with E-state index in [4.69, 9.17) is 18.9 Å². The smallest absolute Gasteiger partial charge is 0.184 e. The van der Waals surface area contributed by atoms with Crippen molar-refractivity contribution in [3.05, 3.63) is 100 Å². The molecule has 2 aliphatic heterocycles. The lowest BCUT2D eigenvalue weighted by molar-refractivity contribution is -0.384. The first kappa shape index (κ1) is 21.7. The van der Waals surface area contributed by atoms with Gasteiger partial charge in [-0.3, -0.25) is 4.98 Å². The van der Waals surface area contributed by atoms with Gasteiger partial charge in [-0.05, 0) is 28.1 Å². The summed E-state index contributed by atoms with van der Waals surface area (Å²) in [5.41, 5.74) is 2.65. The third-order valence-corrected chi connectivity index (χ3v) is 6.49. The van der Waals surface area contributed by atoms with Gasteiger partial charge in [0.2, 0.25) is 0 Å². The summed E-state index contributed by atoms with van der Waals surface area (Å²) in [5.74, 6) is 0. The van der Waals surface area contributed by atoms with E-state index in [1.54, 1.807) is 6.20 Å². The van der Waals surface area contributed by atoms with Crippen molar-refractivity contribution in [1.82, 2.24) is 4.98 Å². The Bertz CT molecular complexity index is 1020. The number of aliphatic hydroxyl groups excluding tert-OH is 1. The minimum atomic E-state index is -0.621. The average molecular weight is 498 g/mol. The lowest BCUT2D eigenvalue weighted by atomic mass is 9.95. The monoisotopic (exact) mass is 497 g/mol. The van der Waals surface area contributed by atoms with Crippen LogP contribution in [0.25, 0.3) is 0 Å². The van der Waals surface area contributed by atoms with E-state index in [1.165, 1.54) is 0 Å². The summed E-state index contributed by atoms with van der Waals surface area (Å²) in [6.07, 6.45) is -0.775. The molecule has 32 heavy (non-hydrogen) atoms. The third-order valence-electron chi connectivity index (χ3n) is 5.77. The van der Waals surface area contributed by atoms with Gasteiger partial charge in [-0.25, -0.2) is 0 Å². The number of hydrogen-bond acceptors (Lipinski definition) is 6. The Kier molecular flexibility index (Phi) is 6.64. The van der Waals surface area contributed by atoms with Gasteiger partial charge in [0.15, 0.2) is 12.6 Å². The molecule has 6 unspecified atom stereocenters. The maximum atomic E-state index is 10.2. The van der Waals surface area contributed by atoms with Crippen molar-refractivity contribution < 1.29 is 24.1 Å². The molecular weight excluding hydrogens is 474 g/mol. The van der Waals surface area contributed by atoms with E-state index in [9.17, 15) is 5.11 Å². The van der Waals surface area contributed by atoms with E-state index in [0.29, 0.717) is 6.42 Å². The van der Waals surface area contributed by atoms with Crippen molar-refractivity contribution in [3.63, 3.8) is 0 Å². The van der Waals surface area contributed by atoms with Crippen LogP contribution in [-0.4, -0.2) is 41.1 Å². The molecule has 6 nitrogen and oxygen atoms in total. The minimum Gasteiger partial charge on any atom is -0.394 e. The van der Waals surface area contributed by atoms with Crippen LogP contribution in [0.4, 0.5) is 0 Å². The van der Waals surface area contributed by atoms with Crippen LogP contribution in [0.15, 0.2) is 83.5 Å². The van der Waals surface area contributed by atoms with Gasteiger partial charge < -0.3 is 24.1 Å². The molecule has 1 aromatic heterocycles. The van der Waals surface area contributed by atoms with Gasteiger partial charge in [0.25, 0.3) is 0 Å². The van der Waals surface area contributed by atoms with Gasteiger partial charge in [-0.1, -0.05) is 60.7 Å². The molecule has 166 valence electrons. The minimum absolute atomic E-state index is 0.185. The highest BCUT2D eigenvalue weighted by Crippen LogP contribution is 2.41. The largest absolute Gasteiger partial charge is 0.394 e. The highest BCUT2D eigenvalue weighted by atomic mass is 79.9. The number of aromatic nitrogens is 1. The fourth-order valence-corrected chi connectivity index (χ4v) is 4.60. The lowest BCUT2D eigenvalue weighted by Gasteiger charge is -2.49. The number of aliphatic hydroxyl groups is 1. The summed E-state index contributed by atoms with van der Waals surface area (Å²) in [6.45, 7) is -0.185. The molecule has 1 N–H and O–H groups in total. The number of ether oxygens (including phenoxy) is 4. The lowest BCUT2D eigenvalue weighted by Crippen LogP contribution is -2.59. The fourth-order valence-electron chi connectivity index (χ4n) is 4.18. The van der Waals surface area contributed by atoms with Crippen molar-refractivity contribution in [1.29, 1.82) is 0 Å². The maximum Gasteiger partial charge on any atom is 0.184 e. The summed E-state index contributed by atoms with van der Waals surface area (Å²) in [6, 6.07) is 23.3. The maximum absolute atomic E-state index is 10.2. The first-order chi connectivity index (χ1) is 15.7. The van der Waals surface area contributed by atoms with Crippen molar-refractivity contribution in [3.8, 4) is 0 Å². The highest BCUT2D eigenvalue weighted by Gasteiger charge is 2.50. The average Bonchev–Trinajstić information content (AvgIpc) is 2.86. The van der Waals surface area contributed by atoms with Gasteiger partial charge in [0.05, 0.1) is 18.4 Å². The zero-order valence-corrected chi connectivity index (χ0v) is 18.9. The SMILES string of the molecule is OCC1OC(c2ccccc2)OC2C(Cc3ncccc3Br)OC(c3ccccc3)OC12. The van der Waals surface area contributed by atoms with Crippen LogP contribution in [0.2, 0.25) is 0 Å². The Morgan fingerprint density at radius 3 is 1.84 bits per heavy atom. The second-order valence-corrected chi connectivity index (χ2v) is 8.71. The summed E-state index contributed by atoms with van der Waals surface area (Å²) in [7, 11) is 0. The van der Waals surface area contributed by atoms with Crippen LogP contribution in [0.1, 0.15) is 29.4 Å². The molecule has 6 atom stereocenters.